The molecule has 4 heavy (non-hydrogen) atoms. The van der Waals surface area contributed by atoms with Gasteiger partial charge in [0.1, 0.15) is 0 Å². The smallest absolute Gasteiger partial charge is 0 e. The molecule has 0 aromatic carbocycles. The molecular formula is HLiPSV. The van der Waals surface area contributed by atoms with Gasteiger partial charge in [-0.05, 0) is 8.02 Å². The Morgan fingerprint density at radius 3 is 1.25 bits per heavy atom. The van der Waals surface area contributed by atoms with Crippen LogP contribution in [0, 0.1) is 0 Å². The summed E-state index contributed by atoms with van der Waals surface area (Å²) in [4.78, 5) is 0. The van der Waals surface area contributed by atoms with E-state index < -0.39 is 0 Å². The zero-order chi connectivity index (χ0) is 2.00. The molecule has 0 aliphatic heterocycles. The summed E-state index contributed by atoms with van der Waals surface area (Å²) in [6.45, 7) is 0. The molecule has 0 heterocycles. The van der Waals surface area contributed by atoms with Crippen molar-refractivity contribution in [1.29, 1.82) is 0 Å². The van der Waals surface area contributed by atoms with E-state index in [0.717, 1.165) is 0 Å². The molecule has 0 nitrogen and oxygen atoms in total. The molecule has 0 atom stereocenters. The van der Waals surface area contributed by atoms with Gasteiger partial charge < -0.3 is 0 Å². The third-order valence-corrected chi connectivity index (χ3v) is 0. The fourth-order valence-electron chi connectivity index (χ4n) is 0. The standard InChI is InChI=1S/Li.HPS.V/c;1-2;/h;1H;. The second-order valence-corrected chi connectivity index (χ2v) is 0. The van der Waals surface area contributed by atoms with Gasteiger partial charge in [-0.3, -0.25) is 0 Å². The van der Waals surface area contributed by atoms with Crippen molar-refractivity contribution in [3.8, 4) is 0 Å². The molecule has 0 aliphatic rings. The van der Waals surface area contributed by atoms with E-state index in [4.69, 9.17) is 0 Å². The Morgan fingerprint density at radius 2 is 1.25 bits per heavy atom. The van der Waals surface area contributed by atoms with Gasteiger partial charge in [-0.15, -0.1) is 0 Å². The quantitative estimate of drug-likeness (QED) is 0.327. The van der Waals surface area contributed by atoms with Crippen molar-refractivity contribution in [2.45, 2.75) is 0 Å². The summed E-state index contributed by atoms with van der Waals surface area (Å²) in [6, 6.07) is 0. The minimum Gasteiger partial charge on any atom is -0.0615 e. The molecule has 0 N–H and O–H groups in total. The minimum absolute atomic E-state index is 0. The molecule has 0 spiro atoms. The SMILES string of the molecule is P=S.[Li].[V]. The fraction of sp³-hybridized carbons (Fsp3) is 0. The van der Waals surface area contributed by atoms with Crippen molar-refractivity contribution < 1.29 is 18.6 Å². The van der Waals surface area contributed by atoms with Gasteiger partial charge in [0.25, 0.3) is 0 Å². The zero-order valence-corrected chi connectivity index (χ0v) is 5.57. The van der Waals surface area contributed by atoms with E-state index >= 15 is 0 Å². The van der Waals surface area contributed by atoms with Gasteiger partial charge in [0.05, 0.1) is 0 Å². The van der Waals surface area contributed by atoms with Crippen LogP contribution in [0.25, 0.3) is 0 Å². The van der Waals surface area contributed by atoms with Crippen molar-refractivity contribution in [2.24, 2.45) is 0 Å². The summed E-state index contributed by atoms with van der Waals surface area (Å²) in [5, 5.41) is 0. The maximum Gasteiger partial charge on any atom is 0 e. The second kappa shape index (κ2) is 22.2. The van der Waals surface area contributed by atoms with Crippen LogP contribution in [0.2, 0.25) is 0 Å². The molecule has 4 heteroatoms. The third kappa shape index (κ3) is 9.33. The molecule has 0 aromatic heterocycles. The van der Waals surface area contributed by atoms with Crippen LogP contribution in [0.4, 0.5) is 0 Å². The monoisotopic (exact) mass is 122 g/mol. The average molecular weight is 122 g/mol. The number of hydrogen-bond donors (Lipinski definition) is 0. The van der Waals surface area contributed by atoms with E-state index in [-0.39, 0.29) is 37.4 Å². The average Bonchev–Trinajstić information content (AvgIpc) is 1.00. The number of rotatable bonds is 0. The van der Waals surface area contributed by atoms with Gasteiger partial charge in [-0.1, -0.05) is 11.8 Å². The maximum absolute atomic E-state index is 3.89. The Bertz CT molecular complexity index is 8.00. The zero-order valence-electron chi connectivity index (χ0n) is 2.36. The van der Waals surface area contributed by atoms with E-state index in [2.05, 4.69) is 19.8 Å². The Labute approximate surface area is 57.0 Å². The first-order chi connectivity index (χ1) is 1.00. The Kier molecular flexibility index (Phi) is 96.0. The van der Waals surface area contributed by atoms with E-state index in [1.165, 1.54) is 0 Å². The van der Waals surface area contributed by atoms with Crippen LogP contribution in [0.3, 0.4) is 0 Å². The Hall–Kier alpha value is 1.70. The van der Waals surface area contributed by atoms with Gasteiger partial charge in [0.15, 0.2) is 0 Å². The van der Waals surface area contributed by atoms with Crippen LogP contribution in [-0.4, -0.2) is 18.9 Å². The largest absolute Gasteiger partial charge is 0.0615 e. The normalized spacial score (nSPS) is 1.00. The first kappa shape index (κ1) is 17.3. The molecule has 0 rings (SSSR count). The van der Waals surface area contributed by atoms with Crippen molar-refractivity contribution in [3.63, 3.8) is 0 Å². The molecule has 0 aliphatic carbocycles. The molecular weight excluding hydrogens is 121 g/mol. The third-order valence-electron chi connectivity index (χ3n) is 0. The van der Waals surface area contributed by atoms with Gasteiger partial charge >= 0.3 is 0 Å². The minimum atomic E-state index is 0. The van der Waals surface area contributed by atoms with Crippen molar-refractivity contribution in [1.82, 2.24) is 0 Å². The van der Waals surface area contributed by atoms with Gasteiger partial charge in [0, 0.05) is 37.4 Å². The number of hydrogen-bond acceptors (Lipinski definition) is 1. The Balaban J connectivity index is -0.00000000500. The first-order valence-electron chi connectivity index (χ1n) is 0.204. The Morgan fingerprint density at radius 1 is 1.25 bits per heavy atom. The van der Waals surface area contributed by atoms with Crippen LogP contribution in [-0.2, 0) is 30.4 Å². The van der Waals surface area contributed by atoms with E-state index in [9.17, 15) is 0 Å². The van der Waals surface area contributed by atoms with Gasteiger partial charge in [-0.2, -0.15) is 0 Å². The summed E-state index contributed by atoms with van der Waals surface area (Å²) in [7, 11) is 2.56. The van der Waals surface area contributed by atoms with E-state index in [1.807, 2.05) is 0 Å². The van der Waals surface area contributed by atoms with Crippen LogP contribution < -0.4 is 0 Å². The predicted octanol–water partition coefficient (Wildman–Crippen LogP) is 0.208. The molecule has 0 saturated carbocycles. The van der Waals surface area contributed by atoms with Crippen molar-refractivity contribution in [2.75, 3.05) is 0 Å². The molecule has 18 valence electrons. The van der Waals surface area contributed by atoms with E-state index in [0.29, 0.717) is 0 Å². The molecule has 0 saturated heterocycles. The summed E-state index contributed by atoms with van der Waals surface area (Å²) in [5.41, 5.74) is 0. The van der Waals surface area contributed by atoms with Gasteiger partial charge in [-0.25, -0.2) is 0 Å². The first-order valence-corrected chi connectivity index (χ1v) is 1.84. The molecule has 0 unspecified atom stereocenters. The summed E-state index contributed by atoms with van der Waals surface area (Å²) in [5.74, 6) is 0. The van der Waals surface area contributed by atoms with Crippen LogP contribution >= 0.6 is 8.02 Å². The molecule has 0 amide bonds. The molecule has 0 fully saturated rings. The fourth-order valence-corrected chi connectivity index (χ4v) is 0. The summed E-state index contributed by atoms with van der Waals surface area (Å²) < 4.78 is 0. The summed E-state index contributed by atoms with van der Waals surface area (Å²) >= 11 is 3.89. The molecule has 2 radical (unpaired) electrons. The second-order valence-electron chi connectivity index (χ2n) is 0. The van der Waals surface area contributed by atoms with Crippen molar-refractivity contribution >= 4 is 38.7 Å². The topological polar surface area (TPSA) is 0 Å². The molecule has 0 bridgehead atoms. The van der Waals surface area contributed by atoms with Crippen LogP contribution in [0.15, 0.2) is 0 Å². The van der Waals surface area contributed by atoms with Crippen LogP contribution in [0.5, 0.6) is 0 Å². The maximum atomic E-state index is 3.89. The van der Waals surface area contributed by atoms with Crippen molar-refractivity contribution in [3.05, 3.63) is 0 Å². The molecule has 0 aromatic rings. The van der Waals surface area contributed by atoms with Crippen LogP contribution in [0.1, 0.15) is 0 Å². The summed E-state index contributed by atoms with van der Waals surface area (Å²) in [6.07, 6.45) is 0. The predicted molar refractivity (Wildman–Crippen MR) is 21.4 cm³/mol. The van der Waals surface area contributed by atoms with E-state index in [1.54, 1.807) is 0 Å². The van der Waals surface area contributed by atoms with Gasteiger partial charge in [0.2, 0.25) is 0 Å².